The highest BCUT2D eigenvalue weighted by Crippen LogP contribution is 1.84. The van der Waals surface area contributed by atoms with Crippen molar-refractivity contribution in [3.8, 4) is 0 Å². The Kier molecular flexibility index (Phi) is 6.10. The number of hydrogen-bond acceptors (Lipinski definition) is 4. The van der Waals surface area contributed by atoms with Crippen LogP contribution in [-0.2, 0) is 14.3 Å². The molecule has 0 aliphatic rings. The molecule has 0 spiro atoms. The quantitative estimate of drug-likeness (QED) is 0.308. The van der Waals surface area contributed by atoms with Crippen LogP contribution in [0.4, 0.5) is 0 Å². The molecule has 4 nitrogen and oxygen atoms in total. The molecule has 0 aromatic heterocycles. The summed E-state index contributed by atoms with van der Waals surface area (Å²) in [5, 5.41) is 8.55. The lowest BCUT2D eigenvalue weighted by atomic mass is 10.7. The van der Waals surface area contributed by atoms with Crippen molar-refractivity contribution in [1.29, 1.82) is 0 Å². The van der Waals surface area contributed by atoms with E-state index in [2.05, 4.69) is 4.74 Å². The molecule has 0 saturated carbocycles. The van der Waals surface area contributed by atoms with Crippen molar-refractivity contribution in [2.75, 3.05) is 19.8 Å². The molecule has 1 atom stereocenters. The molecule has 11 heavy (non-hydrogen) atoms. The number of rotatable bonds is 5. The lowest BCUT2D eigenvalue weighted by Gasteiger charge is -2.09. The van der Waals surface area contributed by atoms with Crippen molar-refractivity contribution in [3.63, 3.8) is 0 Å². The van der Waals surface area contributed by atoms with Gasteiger partial charge in [-0.1, -0.05) is 0 Å². The number of aliphatic hydroxyl groups excluding tert-OH is 1. The summed E-state index contributed by atoms with van der Waals surface area (Å²) in [4.78, 5) is 10.2. The predicted molar refractivity (Wildman–Crippen MR) is 43.4 cm³/mol. The molecule has 0 aliphatic carbocycles. The molecular weight excluding hydrogens is 164 g/mol. The fraction of sp³-hybridized carbons (Fsp3) is 0.833. The third-order valence-electron chi connectivity index (χ3n) is 1.05. The standard InChI is InChI=1S/C6H14O4Si/c1-5(8)9-2-3-10-6(11)4-7/h6-7H,2-4H2,1,11H3. The van der Waals surface area contributed by atoms with E-state index in [1.54, 1.807) is 0 Å². The average Bonchev–Trinajstić information content (AvgIpc) is 1.97. The van der Waals surface area contributed by atoms with Crippen molar-refractivity contribution in [1.82, 2.24) is 0 Å². The Labute approximate surface area is 68.9 Å². The summed E-state index contributed by atoms with van der Waals surface area (Å²) in [6, 6.07) is 0. The Hall–Kier alpha value is -0.393. The zero-order valence-corrected chi connectivity index (χ0v) is 8.87. The maximum absolute atomic E-state index is 10.2. The van der Waals surface area contributed by atoms with Gasteiger partial charge in [0.15, 0.2) is 0 Å². The highest BCUT2D eigenvalue weighted by Gasteiger charge is 1.98. The van der Waals surface area contributed by atoms with Crippen LogP contribution in [0.5, 0.6) is 0 Å². The first kappa shape index (κ1) is 10.6. The van der Waals surface area contributed by atoms with Crippen LogP contribution in [0.15, 0.2) is 0 Å². The zero-order valence-electron chi connectivity index (χ0n) is 6.87. The Morgan fingerprint density at radius 3 is 2.73 bits per heavy atom. The molecule has 1 N–H and O–H groups in total. The summed E-state index contributed by atoms with van der Waals surface area (Å²) in [5.41, 5.74) is -0.0504. The van der Waals surface area contributed by atoms with Gasteiger partial charge in [-0.3, -0.25) is 4.79 Å². The Morgan fingerprint density at radius 2 is 2.27 bits per heavy atom. The predicted octanol–water partition coefficient (Wildman–Crippen LogP) is -1.75. The summed E-state index contributed by atoms with van der Waals surface area (Å²) in [6.07, 6.45) is 0. The number of esters is 1. The fourth-order valence-corrected chi connectivity index (χ4v) is 0.723. The molecule has 0 amide bonds. The van der Waals surface area contributed by atoms with Gasteiger partial charge in [-0.15, -0.1) is 0 Å². The molecule has 0 saturated heterocycles. The normalized spacial score (nSPS) is 12.9. The van der Waals surface area contributed by atoms with Gasteiger partial charge in [-0.2, -0.15) is 0 Å². The monoisotopic (exact) mass is 178 g/mol. The highest BCUT2D eigenvalue weighted by atomic mass is 28.1. The number of carbonyl (C=O) groups excluding carboxylic acids is 1. The van der Waals surface area contributed by atoms with Crippen LogP contribution in [0.2, 0.25) is 0 Å². The van der Waals surface area contributed by atoms with Crippen LogP contribution in [-0.4, -0.2) is 46.9 Å². The smallest absolute Gasteiger partial charge is 0.302 e. The third kappa shape index (κ3) is 7.50. The van der Waals surface area contributed by atoms with Crippen LogP contribution < -0.4 is 0 Å². The van der Waals surface area contributed by atoms with Gasteiger partial charge in [-0.25, -0.2) is 0 Å². The maximum Gasteiger partial charge on any atom is 0.302 e. The molecule has 0 heterocycles. The van der Waals surface area contributed by atoms with Gasteiger partial charge < -0.3 is 14.6 Å². The van der Waals surface area contributed by atoms with Crippen LogP contribution in [0.25, 0.3) is 0 Å². The highest BCUT2D eigenvalue weighted by molar-refractivity contribution is 6.11. The summed E-state index contributed by atoms with van der Waals surface area (Å²) < 4.78 is 9.68. The van der Waals surface area contributed by atoms with Crippen molar-refractivity contribution in [3.05, 3.63) is 0 Å². The second kappa shape index (κ2) is 6.33. The second-order valence-corrected chi connectivity index (χ2v) is 3.49. The van der Waals surface area contributed by atoms with E-state index in [9.17, 15) is 4.79 Å². The molecule has 0 aliphatic heterocycles. The van der Waals surface area contributed by atoms with Crippen molar-refractivity contribution in [2.45, 2.75) is 12.7 Å². The van der Waals surface area contributed by atoms with Crippen LogP contribution >= 0.6 is 0 Å². The van der Waals surface area contributed by atoms with Gasteiger partial charge in [0.1, 0.15) is 6.61 Å². The summed E-state index contributed by atoms with van der Waals surface area (Å²) >= 11 is 0. The lowest BCUT2D eigenvalue weighted by Crippen LogP contribution is -2.20. The van der Waals surface area contributed by atoms with Crippen molar-refractivity contribution in [2.24, 2.45) is 0 Å². The first-order chi connectivity index (χ1) is 5.16. The van der Waals surface area contributed by atoms with E-state index < -0.39 is 0 Å². The summed E-state index contributed by atoms with van der Waals surface area (Å²) in [6.45, 7) is 2.04. The molecule has 66 valence electrons. The van der Waals surface area contributed by atoms with Crippen LogP contribution in [0.1, 0.15) is 6.92 Å². The first-order valence-corrected chi connectivity index (χ1v) is 4.68. The second-order valence-electron chi connectivity index (χ2n) is 2.20. The van der Waals surface area contributed by atoms with E-state index >= 15 is 0 Å². The SMILES string of the molecule is CC(=O)OCCOC([SiH3])CO. The Morgan fingerprint density at radius 1 is 1.64 bits per heavy atom. The topological polar surface area (TPSA) is 55.8 Å². The zero-order chi connectivity index (χ0) is 8.69. The minimum atomic E-state index is -0.303. The van der Waals surface area contributed by atoms with Crippen LogP contribution in [0.3, 0.4) is 0 Å². The van der Waals surface area contributed by atoms with E-state index in [-0.39, 0.29) is 24.9 Å². The molecule has 1 unspecified atom stereocenters. The largest absolute Gasteiger partial charge is 0.463 e. The number of carbonyl (C=O) groups is 1. The minimum absolute atomic E-state index is 0.0479. The average molecular weight is 178 g/mol. The first-order valence-electron chi connectivity index (χ1n) is 3.52. The Balaban J connectivity index is 3.08. The number of hydrogen-bond donors (Lipinski definition) is 1. The molecular formula is C6H14O4Si. The van der Waals surface area contributed by atoms with E-state index in [1.165, 1.54) is 6.92 Å². The minimum Gasteiger partial charge on any atom is -0.463 e. The molecule has 0 radical (unpaired) electrons. The van der Waals surface area contributed by atoms with Gasteiger partial charge in [0, 0.05) is 17.2 Å². The molecule has 0 aromatic rings. The third-order valence-corrected chi connectivity index (χ3v) is 1.75. The van der Waals surface area contributed by atoms with E-state index in [0.29, 0.717) is 6.61 Å². The molecule has 0 aromatic carbocycles. The number of ether oxygens (including phenoxy) is 2. The molecule has 0 bridgehead atoms. The van der Waals surface area contributed by atoms with Gasteiger partial charge >= 0.3 is 5.97 Å². The summed E-state index contributed by atoms with van der Waals surface area (Å²) in [7, 11) is 0.790. The van der Waals surface area contributed by atoms with Crippen molar-refractivity contribution >= 4 is 16.2 Å². The van der Waals surface area contributed by atoms with E-state index in [0.717, 1.165) is 10.2 Å². The summed E-state index contributed by atoms with van der Waals surface area (Å²) in [5.74, 6) is -0.303. The van der Waals surface area contributed by atoms with Gasteiger partial charge in [0.2, 0.25) is 0 Å². The van der Waals surface area contributed by atoms with Gasteiger partial charge in [0.05, 0.1) is 18.9 Å². The lowest BCUT2D eigenvalue weighted by molar-refractivity contribution is -0.142. The maximum atomic E-state index is 10.2. The number of aliphatic hydroxyl groups is 1. The van der Waals surface area contributed by atoms with Crippen molar-refractivity contribution < 1.29 is 19.4 Å². The Bertz CT molecular complexity index is 117. The van der Waals surface area contributed by atoms with Gasteiger partial charge in [0.25, 0.3) is 0 Å². The van der Waals surface area contributed by atoms with E-state index in [1.807, 2.05) is 0 Å². The molecule has 0 rings (SSSR count). The molecule has 0 fully saturated rings. The molecule has 5 heteroatoms. The van der Waals surface area contributed by atoms with E-state index in [4.69, 9.17) is 9.84 Å². The fourth-order valence-electron chi connectivity index (χ4n) is 0.487. The van der Waals surface area contributed by atoms with Gasteiger partial charge in [-0.05, 0) is 0 Å². The van der Waals surface area contributed by atoms with Crippen LogP contribution in [0, 0.1) is 0 Å².